The van der Waals surface area contributed by atoms with Crippen LogP contribution in [-0.2, 0) is 14.8 Å². The van der Waals surface area contributed by atoms with Crippen LogP contribution in [-0.4, -0.2) is 25.5 Å². The van der Waals surface area contributed by atoms with Crippen LogP contribution in [0.25, 0.3) is 11.1 Å². The molecule has 24 heavy (non-hydrogen) atoms. The lowest BCUT2D eigenvalue weighted by Gasteiger charge is -2.18. The predicted octanol–water partition coefficient (Wildman–Crippen LogP) is 2.89. The van der Waals surface area contributed by atoms with E-state index in [-0.39, 0.29) is 17.2 Å². The number of sulfonamides is 1. The molecule has 2 aromatic rings. The van der Waals surface area contributed by atoms with Gasteiger partial charge in [0.1, 0.15) is 0 Å². The smallest absolute Gasteiger partial charge is 0.304 e. The van der Waals surface area contributed by atoms with Crippen LogP contribution >= 0.6 is 0 Å². The molecule has 2 N–H and O–H groups in total. The number of rotatable bonds is 7. The van der Waals surface area contributed by atoms with E-state index in [0.29, 0.717) is 5.56 Å². The first-order valence-corrected chi connectivity index (χ1v) is 9.34. The zero-order valence-corrected chi connectivity index (χ0v) is 13.9. The molecule has 5 nitrogen and oxygen atoms in total. The van der Waals surface area contributed by atoms with E-state index in [2.05, 4.69) is 4.72 Å². The van der Waals surface area contributed by atoms with Gasteiger partial charge in [-0.25, -0.2) is 13.1 Å². The molecule has 0 aromatic heterocycles. The van der Waals surface area contributed by atoms with Gasteiger partial charge in [-0.05, 0) is 30.4 Å². The summed E-state index contributed by atoms with van der Waals surface area (Å²) in [7, 11) is -3.80. The Morgan fingerprint density at radius 1 is 1.08 bits per heavy atom. The highest BCUT2D eigenvalue weighted by Gasteiger charge is 2.36. The van der Waals surface area contributed by atoms with Crippen LogP contribution in [0.1, 0.15) is 19.3 Å². The third-order valence-electron chi connectivity index (χ3n) is 4.15. The van der Waals surface area contributed by atoms with Crippen molar-refractivity contribution in [2.45, 2.75) is 30.2 Å². The van der Waals surface area contributed by atoms with Gasteiger partial charge in [-0.1, -0.05) is 48.5 Å². The van der Waals surface area contributed by atoms with Gasteiger partial charge in [0.05, 0.1) is 11.3 Å². The Morgan fingerprint density at radius 2 is 1.71 bits per heavy atom. The summed E-state index contributed by atoms with van der Waals surface area (Å²) in [5.41, 5.74) is 1.41. The van der Waals surface area contributed by atoms with Gasteiger partial charge in [-0.3, -0.25) is 4.79 Å². The lowest BCUT2D eigenvalue weighted by Crippen LogP contribution is -2.38. The number of benzene rings is 2. The van der Waals surface area contributed by atoms with Crippen molar-refractivity contribution in [2.24, 2.45) is 5.92 Å². The first kappa shape index (κ1) is 16.7. The van der Waals surface area contributed by atoms with E-state index in [1.54, 1.807) is 24.3 Å². The Bertz CT molecular complexity index is 829. The van der Waals surface area contributed by atoms with Crippen molar-refractivity contribution in [3.63, 3.8) is 0 Å². The summed E-state index contributed by atoms with van der Waals surface area (Å²) in [6.07, 6.45) is 1.53. The molecule has 126 valence electrons. The van der Waals surface area contributed by atoms with E-state index in [0.717, 1.165) is 18.4 Å². The third kappa shape index (κ3) is 3.83. The highest BCUT2D eigenvalue weighted by atomic mass is 32.2. The largest absolute Gasteiger partial charge is 0.481 e. The quantitative estimate of drug-likeness (QED) is 0.808. The second-order valence-electron chi connectivity index (χ2n) is 6.03. The number of carbonyl (C=O) groups is 1. The van der Waals surface area contributed by atoms with Crippen molar-refractivity contribution in [1.29, 1.82) is 0 Å². The third-order valence-corrected chi connectivity index (χ3v) is 5.70. The first-order valence-electron chi connectivity index (χ1n) is 7.86. The fourth-order valence-corrected chi connectivity index (χ4v) is 4.35. The van der Waals surface area contributed by atoms with Crippen LogP contribution in [0.4, 0.5) is 0 Å². The molecule has 0 saturated heterocycles. The monoisotopic (exact) mass is 345 g/mol. The fourth-order valence-electron chi connectivity index (χ4n) is 2.81. The molecule has 0 spiro atoms. The highest BCUT2D eigenvalue weighted by molar-refractivity contribution is 7.89. The lowest BCUT2D eigenvalue weighted by molar-refractivity contribution is -0.137. The number of carboxylic acid groups (broad SMARTS) is 1. The summed E-state index contributed by atoms with van der Waals surface area (Å²) >= 11 is 0. The Labute approximate surface area is 141 Å². The van der Waals surface area contributed by atoms with Crippen molar-refractivity contribution in [2.75, 3.05) is 0 Å². The molecule has 1 fully saturated rings. The van der Waals surface area contributed by atoms with E-state index in [9.17, 15) is 13.2 Å². The van der Waals surface area contributed by atoms with Gasteiger partial charge in [-0.15, -0.1) is 0 Å². The van der Waals surface area contributed by atoms with Gasteiger partial charge in [-0.2, -0.15) is 0 Å². The van der Waals surface area contributed by atoms with Crippen LogP contribution in [0.5, 0.6) is 0 Å². The molecule has 3 rings (SSSR count). The van der Waals surface area contributed by atoms with Gasteiger partial charge in [0.15, 0.2) is 0 Å². The maximum absolute atomic E-state index is 12.8. The molecule has 1 aliphatic carbocycles. The Balaban J connectivity index is 1.94. The normalized spacial score (nSPS) is 15.8. The zero-order chi connectivity index (χ0) is 17.2. The van der Waals surface area contributed by atoms with Crippen LogP contribution in [0.15, 0.2) is 59.5 Å². The number of aliphatic carboxylic acids is 1. The average molecular weight is 345 g/mol. The maximum atomic E-state index is 12.8. The summed E-state index contributed by atoms with van der Waals surface area (Å²) in [5.74, 6) is -0.884. The Morgan fingerprint density at radius 3 is 2.33 bits per heavy atom. The minimum atomic E-state index is -3.80. The molecule has 0 radical (unpaired) electrons. The Kier molecular flexibility index (Phi) is 4.69. The van der Waals surface area contributed by atoms with E-state index in [4.69, 9.17) is 5.11 Å². The molecular weight excluding hydrogens is 326 g/mol. The van der Waals surface area contributed by atoms with Crippen molar-refractivity contribution in [3.8, 4) is 11.1 Å². The van der Waals surface area contributed by atoms with Gasteiger partial charge in [0.2, 0.25) is 10.0 Å². The fraction of sp³-hybridized carbons (Fsp3) is 0.278. The number of hydrogen-bond donors (Lipinski definition) is 2. The van der Waals surface area contributed by atoms with Gasteiger partial charge >= 0.3 is 5.97 Å². The molecule has 0 aliphatic heterocycles. The minimum Gasteiger partial charge on any atom is -0.481 e. The molecule has 6 heteroatoms. The summed E-state index contributed by atoms with van der Waals surface area (Å²) in [6.45, 7) is 0. The first-order chi connectivity index (χ1) is 11.5. The molecule has 0 amide bonds. The van der Waals surface area contributed by atoms with Crippen LogP contribution < -0.4 is 4.72 Å². The van der Waals surface area contributed by atoms with E-state index in [1.807, 2.05) is 30.3 Å². The topological polar surface area (TPSA) is 83.5 Å². The van der Waals surface area contributed by atoms with Crippen molar-refractivity contribution in [3.05, 3.63) is 54.6 Å². The van der Waals surface area contributed by atoms with Crippen molar-refractivity contribution < 1.29 is 18.3 Å². The minimum absolute atomic E-state index is 0.111. The molecule has 1 atom stereocenters. The summed E-state index contributed by atoms with van der Waals surface area (Å²) in [4.78, 5) is 11.2. The second-order valence-corrected chi connectivity index (χ2v) is 7.71. The predicted molar refractivity (Wildman–Crippen MR) is 91.0 cm³/mol. The standard InChI is InChI=1S/C18H19NO4S/c20-18(21)12-16(14-10-11-14)19-24(22,23)17-9-5-4-8-15(17)13-6-2-1-3-7-13/h1-9,14,16,19H,10-12H2,(H,20,21). The van der Waals surface area contributed by atoms with Crippen LogP contribution in [0, 0.1) is 5.92 Å². The van der Waals surface area contributed by atoms with Crippen molar-refractivity contribution in [1.82, 2.24) is 4.72 Å². The average Bonchev–Trinajstić information content (AvgIpc) is 3.39. The number of carboxylic acids is 1. The van der Waals surface area contributed by atoms with Gasteiger partial charge in [0, 0.05) is 11.6 Å². The Hall–Kier alpha value is -2.18. The molecule has 1 aliphatic rings. The zero-order valence-electron chi connectivity index (χ0n) is 13.1. The van der Waals surface area contributed by atoms with Gasteiger partial charge < -0.3 is 5.11 Å². The van der Waals surface area contributed by atoms with E-state index < -0.39 is 22.0 Å². The second kappa shape index (κ2) is 6.75. The lowest BCUT2D eigenvalue weighted by atomic mass is 10.1. The highest BCUT2D eigenvalue weighted by Crippen LogP contribution is 2.35. The number of hydrogen-bond acceptors (Lipinski definition) is 3. The molecule has 2 aromatic carbocycles. The SMILES string of the molecule is O=C(O)CC(NS(=O)(=O)c1ccccc1-c1ccccc1)C1CC1. The molecule has 0 heterocycles. The summed E-state index contributed by atoms with van der Waals surface area (Å²) < 4.78 is 28.3. The molecule has 1 saturated carbocycles. The number of nitrogens with one attached hydrogen (secondary N) is 1. The maximum Gasteiger partial charge on any atom is 0.304 e. The van der Waals surface area contributed by atoms with E-state index >= 15 is 0 Å². The van der Waals surface area contributed by atoms with Crippen molar-refractivity contribution >= 4 is 16.0 Å². The molecule has 0 bridgehead atoms. The summed E-state index contributed by atoms with van der Waals surface area (Å²) in [5, 5.41) is 9.03. The van der Waals surface area contributed by atoms with E-state index in [1.165, 1.54) is 0 Å². The van der Waals surface area contributed by atoms with Gasteiger partial charge in [0.25, 0.3) is 0 Å². The summed E-state index contributed by atoms with van der Waals surface area (Å²) in [6, 6.07) is 15.5. The van der Waals surface area contributed by atoms with Crippen LogP contribution in [0.2, 0.25) is 0 Å². The molecule has 1 unspecified atom stereocenters. The van der Waals surface area contributed by atoms with Crippen LogP contribution in [0.3, 0.4) is 0 Å². The molecular formula is C18H19NO4S.